The number of hydrogen-bond donors (Lipinski definition) is 8. The van der Waals surface area contributed by atoms with Crippen LogP contribution in [-0.4, -0.2) is 85.1 Å². The summed E-state index contributed by atoms with van der Waals surface area (Å²) in [6, 6.07) is 2.65. The number of carbonyl (C=O) groups is 6. The number of aromatic amines is 1. The maximum absolute atomic E-state index is 13.1. The molecule has 39 heavy (non-hydrogen) atoms. The summed E-state index contributed by atoms with van der Waals surface area (Å²) in [6.07, 6.45) is 0.977. The molecule has 0 aliphatic carbocycles. The van der Waals surface area contributed by atoms with Gasteiger partial charge in [0.15, 0.2) is 0 Å². The lowest BCUT2D eigenvalue weighted by atomic mass is 10.0. The van der Waals surface area contributed by atoms with Crippen molar-refractivity contribution in [2.75, 3.05) is 0 Å². The number of H-pyrrole nitrogens is 1. The van der Waals surface area contributed by atoms with Gasteiger partial charge >= 0.3 is 17.9 Å². The molecular formula is C24H30N6O9. The molecule has 0 saturated heterocycles. The Balaban J connectivity index is 2.20. The predicted molar refractivity (Wildman–Crippen MR) is 133 cm³/mol. The van der Waals surface area contributed by atoms with Crippen LogP contribution < -0.4 is 21.7 Å². The summed E-state index contributed by atoms with van der Waals surface area (Å²) in [7, 11) is 0. The van der Waals surface area contributed by atoms with E-state index in [-0.39, 0.29) is 12.8 Å². The van der Waals surface area contributed by atoms with Gasteiger partial charge in [0.05, 0.1) is 18.8 Å². The molecule has 1 aromatic carbocycles. The number of nitrogens with two attached hydrogens (primary N) is 1. The third kappa shape index (κ3) is 10.6. The largest absolute Gasteiger partial charge is 0.481 e. The van der Waals surface area contributed by atoms with Crippen LogP contribution in [-0.2, 0) is 41.6 Å². The van der Waals surface area contributed by atoms with Crippen molar-refractivity contribution in [1.29, 1.82) is 0 Å². The lowest BCUT2D eigenvalue weighted by Gasteiger charge is -2.24. The van der Waals surface area contributed by atoms with Crippen LogP contribution in [0.3, 0.4) is 0 Å². The summed E-state index contributed by atoms with van der Waals surface area (Å²) in [5.41, 5.74) is 6.99. The van der Waals surface area contributed by atoms with Crippen molar-refractivity contribution in [1.82, 2.24) is 25.9 Å². The molecule has 0 fully saturated rings. The zero-order chi connectivity index (χ0) is 28.9. The van der Waals surface area contributed by atoms with Crippen molar-refractivity contribution < 1.29 is 44.1 Å². The molecular weight excluding hydrogens is 516 g/mol. The number of nitrogens with zero attached hydrogens (tertiary/aromatic N) is 1. The van der Waals surface area contributed by atoms with Crippen LogP contribution in [0.25, 0.3) is 0 Å². The third-order valence-electron chi connectivity index (χ3n) is 5.52. The number of nitrogens with one attached hydrogen (secondary N) is 4. The van der Waals surface area contributed by atoms with E-state index < -0.39 is 79.1 Å². The van der Waals surface area contributed by atoms with Gasteiger partial charge in [0.1, 0.15) is 18.1 Å². The highest BCUT2D eigenvalue weighted by atomic mass is 16.4. The van der Waals surface area contributed by atoms with E-state index in [0.717, 1.165) is 0 Å². The van der Waals surface area contributed by atoms with Crippen molar-refractivity contribution in [3.63, 3.8) is 0 Å². The first-order valence-corrected chi connectivity index (χ1v) is 11.8. The molecule has 1 heterocycles. The minimum absolute atomic E-state index is 0.0270. The van der Waals surface area contributed by atoms with Crippen molar-refractivity contribution >= 4 is 35.6 Å². The SMILES string of the molecule is NC(Cc1cnc[nH]1)C(=O)NC(CC(=O)O)C(=O)NC(Cc1ccccc1)C(=O)NC(CCC(=O)O)C(=O)O. The summed E-state index contributed by atoms with van der Waals surface area (Å²) < 4.78 is 0. The molecule has 0 aliphatic heterocycles. The molecule has 9 N–H and O–H groups in total. The molecule has 0 radical (unpaired) electrons. The van der Waals surface area contributed by atoms with Crippen LogP contribution in [0.2, 0.25) is 0 Å². The minimum Gasteiger partial charge on any atom is -0.481 e. The van der Waals surface area contributed by atoms with Gasteiger partial charge in [0.2, 0.25) is 17.7 Å². The summed E-state index contributed by atoms with van der Waals surface area (Å²) in [5, 5.41) is 34.4. The fourth-order valence-electron chi connectivity index (χ4n) is 3.52. The number of hydrogen-bond acceptors (Lipinski definition) is 8. The zero-order valence-corrected chi connectivity index (χ0v) is 20.7. The Morgan fingerprint density at radius 1 is 0.821 bits per heavy atom. The van der Waals surface area contributed by atoms with E-state index in [1.165, 1.54) is 12.5 Å². The number of carbonyl (C=O) groups excluding carboxylic acids is 3. The fraction of sp³-hybridized carbons (Fsp3) is 0.375. The summed E-state index contributed by atoms with van der Waals surface area (Å²) >= 11 is 0. The van der Waals surface area contributed by atoms with Gasteiger partial charge < -0.3 is 42.0 Å². The fourth-order valence-corrected chi connectivity index (χ4v) is 3.52. The molecule has 1 aromatic heterocycles. The first-order valence-electron chi connectivity index (χ1n) is 11.8. The number of carboxylic acid groups (broad SMARTS) is 3. The second-order valence-electron chi connectivity index (χ2n) is 8.63. The average molecular weight is 547 g/mol. The summed E-state index contributed by atoms with van der Waals surface area (Å²) in [5.74, 6) is -6.94. The monoisotopic (exact) mass is 546 g/mol. The second-order valence-corrected chi connectivity index (χ2v) is 8.63. The molecule has 2 rings (SSSR count). The molecule has 4 unspecified atom stereocenters. The Hall–Kier alpha value is -4.79. The van der Waals surface area contributed by atoms with E-state index in [4.69, 9.17) is 10.8 Å². The minimum atomic E-state index is -1.61. The lowest BCUT2D eigenvalue weighted by Crippen LogP contribution is -2.58. The van der Waals surface area contributed by atoms with E-state index in [2.05, 4.69) is 25.9 Å². The quantitative estimate of drug-likeness (QED) is 0.119. The zero-order valence-electron chi connectivity index (χ0n) is 20.7. The number of amides is 3. The number of benzene rings is 1. The van der Waals surface area contributed by atoms with Gasteiger partial charge in [-0.3, -0.25) is 24.0 Å². The lowest BCUT2D eigenvalue weighted by molar-refractivity contribution is -0.144. The average Bonchev–Trinajstić information content (AvgIpc) is 3.38. The predicted octanol–water partition coefficient (Wildman–Crippen LogP) is -1.60. The number of carboxylic acids is 3. The Morgan fingerprint density at radius 3 is 2.00 bits per heavy atom. The number of rotatable bonds is 16. The maximum atomic E-state index is 13.1. The van der Waals surface area contributed by atoms with Crippen molar-refractivity contribution in [3.05, 3.63) is 54.1 Å². The molecule has 210 valence electrons. The number of imidazole rings is 1. The molecule has 15 heteroatoms. The van der Waals surface area contributed by atoms with Gasteiger partial charge in [-0.1, -0.05) is 30.3 Å². The molecule has 4 atom stereocenters. The standard InChI is InChI=1S/C24H30N6O9/c25-15(9-14-11-26-12-27-14)21(35)29-18(10-20(33)34)23(37)30-17(8-13-4-2-1-3-5-13)22(36)28-16(24(38)39)6-7-19(31)32/h1-5,11-12,15-18H,6-10,25H2,(H,26,27)(H,28,36)(H,29,35)(H,30,37)(H,31,32)(H,33,34)(H,38,39). The van der Waals surface area contributed by atoms with E-state index in [1.807, 2.05) is 0 Å². The van der Waals surface area contributed by atoms with Crippen molar-refractivity contribution in [3.8, 4) is 0 Å². The molecule has 0 bridgehead atoms. The third-order valence-corrected chi connectivity index (χ3v) is 5.52. The number of aromatic nitrogens is 2. The molecule has 3 amide bonds. The van der Waals surface area contributed by atoms with Gasteiger partial charge in [-0.25, -0.2) is 9.78 Å². The first-order chi connectivity index (χ1) is 18.5. The molecule has 15 nitrogen and oxygen atoms in total. The smallest absolute Gasteiger partial charge is 0.326 e. The van der Waals surface area contributed by atoms with E-state index in [1.54, 1.807) is 30.3 Å². The topological polar surface area (TPSA) is 254 Å². The Morgan fingerprint density at radius 2 is 1.44 bits per heavy atom. The highest BCUT2D eigenvalue weighted by molar-refractivity contribution is 5.95. The highest BCUT2D eigenvalue weighted by Gasteiger charge is 2.32. The van der Waals surface area contributed by atoms with Crippen LogP contribution in [0.5, 0.6) is 0 Å². The normalized spacial score (nSPS) is 13.8. The van der Waals surface area contributed by atoms with Gasteiger partial charge in [0, 0.05) is 31.2 Å². The van der Waals surface area contributed by atoms with E-state index in [0.29, 0.717) is 11.3 Å². The molecule has 0 aliphatic rings. The Kier molecular flexibility index (Phi) is 11.6. The van der Waals surface area contributed by atoms with Crippen LogP contribution in [0.4, 0.5) is 0 Å². The number of aliphatic carboxylic acids is 3. The Bertz CT molecular complexity index is 1160. The molecule has 2 aromatic rings. The van der Waals surface area contributed by atoms with Crippen LogP contribution >= 0.6 is 0 Å². The van der Waals surface area contributed by atoms with Gasteiger partial charge in [-0.15, -0.1) is 0 Å². The second kappa shape index (κ2) is 14.8. The van der Waals surface area contributed by atoms with Gasteiger partial charge in [0.25, 0.3) is 0 Å². The Labute approximate surface area is 222 Å². The van der Waals surface area contributed by atoms with E-state index >= 15 is 0 Å². The van der Waals surface area contributed by atoms with Crippen molar-refractivity contribution in [2.24, 2.45) is 5.73 Å². The molecule has 0 saturated carbocycles. The first kappa shape index (κ1) is 30.4. The summed E-state index contributed by atoms with van der Waals surface area (Å²) in [6.45, 7) is 0. The van der Waals surface area contributed by atoms with E-state index in [9.17, 15) is 39.0 Å². The van der Waals surface area contributed by atoms with Gasteiger partial charge in [-0.2, -0.15) is 0 Å². The van der Waals surface area contributed by atoms with Crippen LogP contribution in [0, 0.1) is 0 Å². The van der Waals surface area contributed by atoms with Crippen LogP contribution in [0.1, 0.15) is 30.5 Å². The van der Waals surface area contributed by atoms with Crippen LogP contribution in [0.15, 0.2) is 42.9 Å². The maximum Gasteiger partial charge on any atom is 0.326 e. The van der Waals surface area contributed by atoms with Crippen molar-refractivity contribution in [2.45, 2.75) is 56.3 Å². The highest BCUT2D eigenvalue weighted by Crippen LogP contribution is 2.07. The summed E-state index contributed by atoms with van der Waals surface area (Å²) in [4.78, 5) is 79.1. The van der Waals surface area contributed by atoms with Gasteiger partial charge in [-0.05, 0) is 12.0 Å². The molecule has 0 spiro atoms.